The van der Waals surface area contributed by atoms with Crippen molar-refractivity contribution in [1.29, 1.82) is 0 Å². The number of hydrogen-bond donors (Lipinski definition) is 0. The largest absolute Gasteiger partial charge is 0.443 e. The Hall–Kier alpha value is -3.55. The third kappa shape index (κ3) is 2.97. The first-order valence-electron chi connectivity index (χ1n) is 7.32. The molecule has 0 bridgehead atoms. The van der Waals surface area contributed by atoms with Crippen molar-refractivity contribution in [3.05, 3.63) is 75.3 Å². The summed E-state index contributed by atoms with van der Waals surface area (Å²) in [4.78, 5) is 46.8. The number of imide groups is 1. The van der Waals surface area contributed by atoms with E-state index in [2.05, 4.69) is 0 Å². The number of amides is 2. The predicted octanol–water partition coefficient (Wildman–Crippen LogP) is 1.93. The van der Waals surface area contributed by atoms with Crippen molar-refractivity contribution in [2.75, 3.05) is 0 Å². The fraction of sp³-hybridized carbons (Fsp3) is 0.118. The fourth-order valence-electron chi connectivity index (χ4n) is 2.69. The number of hydrogen-bond acceptors (Lipinski definition) is 6. The molecular formula is C17H12N2O6. The highest BCUT2D eigenvalue weighted by atomic mass is 16.6. The van der Waals surface area contributed by atoms with E-state index in [1.54, 1.807) is 12.1 Å². The van der Waals surface area contributed by atoms with Gasteiger partial charge in [0.25, 0.3) is 24.0 Å². The molecule has 0 aromatic heterocycles. The van der Waals surface area contributed by atoms with Crippen LogP contribution >= 0.6 is 0 Å². The molecular weight excluding hydrogens is 328 g/mol. The smallest absolute Gasteiger partial charge is 0.295 e. The third-order valence-electron chi connectivity index (χ3n) is 3.88. The SMILES string of the molecule is O=COC(Cc1ccc([N+](=O)[O-])cc1)N1C(=O)c2ccccc2C1=O. The second kappa shape index (κ2) is 6.52. The predicted molar refractivity (Wildman–Crippen MR) is 84.7 cm³/mol. The standard InChI is InChI=1S/C17H12N2O6/c20-10-25-15(9-11-5-7-12(8-6-11)19(23)24)18-16(21)13-3-1-2-4-14(13)17(18)22/h1-8,10,15H,9H2. The van der Waals surface area contributed by atoms with Crippen molar-refractivity contribution < 1.29 is 24.0 Å². The topological polar surface area (TPSA) is 107 Å². The van der Waals surface area contributed by atoms with Crippen LogP contribution in [0.15, 0.2) is 48.5 Å². The molecule has 1 atom stereocenters. The van der Waals surface area contributed by atoms with Gasteiger partial charge < -0.3 is 4.74 Å². The first-order chi connectivity index (χ1) is 12.0. The summed E-state index contributed by atoms with van der Waals surface area (Å²) < 4.78 is 4.95. The number of benzene rings is 2. The molecule has 3 rings (SSSR count). The van der Waals surface area contributed by atoms with Gasteiger partial charge in [-0.3, -0.25) is 24.5 Å². The van der Waals surface area contributed by atoms with Crippen LogP contribution in [0.25, 0.3) is 0 Å². The second-order valence-corrected chi connectivity index (χ2v) is 5.34. The number of nitro groups is 1. The molecule has 0 aliphatic carbocycles. The highest BCUT2D eigenvalue weighted by Gasteiger charge is 2.40. The molecule has 0 radical (unpaired) electrons. The molecule has 25 heavy (non-hydrogen) atoms. The molecule has 1 unspecified atom stereocenters. The molecule has 8 nitrogen and oxygen atoms in total. The zero-order valence-electron chi connectivity index (χ0n) is 12.8. The molecule has 1 heterocycles. The van der Waals surface area contributed by atoms with Gasteiger partial charge in [-0.2, -0.15) is 0 Å². The molecule has 2 amide bonds. The van der Waals surface area contributed by atoms with Gasteiger partial charge in [0, 0.05) is 18.6 Å². The van der Waals surface area contributed by atoms with Crippen molar-refractivity contribution >= 4 is 24.0 Å². The van der Waals surface area contributed by atoms with E-state index < -0.39 is 23.0 Å². The van der Waals surface area contributed by atoms with Crippen LogP contribution in [0.2, 0.25) is 0 Å². The summed E-state index contributed by atoms with van der Waals surface area (Å²) in [6.45, 7) is 0.166. The van der Waals surface area contributed by atoms with Crippen molar-refractivity contribution in [2.45, 2.75) is 12.6 Å². The van der Waals surface area contributed by atoms with Gasteiger partial charge >= 0.3 is 0 Å². The Morgan fingerprint density at radius 2 is 1.60 bits per heavy atom. The molecule has 0 saturated carbocycles. The quantitative estimate of drug-likeness (QED) is 0.344. The number of carbonyl (C=O) groups excluding carboxylic acids is 3. The Bertz CT molecular complexity index is 827. The van der Waals surface area contributed by atoms with Crippen LogP contribution in [0.3, 0.4) is 0 Å². The van der Waals surface area contributed by atoms with Crippen LogP contribution in [-0.2, 0) is 16.0 Å². The lowest BCUT2D eigenvalue weighted by Gasteiger charge is -2.24. The van der Waals surface area contributed by atoms with E-state index in [1.165, 1.54) is 36.4 Å². The van der Waals surface area contributed by atoms with Gasteiger partial charge in [-0.05, 0) is 17.7 Å². The molecule has 0 saturated heterocycles. The van der Waals surface area contributed by atoms with Gasteiger partial charge in [0.2, 0.25) is 0 Å². The summed E-state index contributed by atoms with van der Waals surface area (Å²) in [5.41, 5.74) is 0.984. The van der Waals surface area contributed by atoms with Crippen molar-refractivity contribution in [3.63, 3.8) is 0 Å². The Morgan fingerprint density at radius 3 is 2.08 bits per heavy atom. The molecule has 8 heteroatoms. The van der Waals surface area contributed by atoms with E-state index in [1.807, 2.05) is 0 Å². The molecule has 1 aliphatic rings. The average molecular weight is 340 g/mol. The third-order valence-corrected chi connectivity index (χ3v) is 3.88. The van der Waals surface area contributed by atoms with Crippen LogP contribution in [0.1, 0.15) is 26.3 Å². The Morgan fingerprint density at radius 1 is 1.04 bits per heavy atom. The van der Waals surface area contributed by atoms with Gasteiger partial charge in [-0.1, -0.05) is 24.3 Å². The molecule has 1 aliphatic heterocycles. The maximum atomic E-state index is 12.5. The van der Waals surface area contributed by atoms with E-state index in [0.717, 1.165) is 4.90 Å². The highest BCUT2D eigenvalue weighted by molar-refractivity contribution is 6.21. The van der Waals surface area contributed by atoms with E-state index in [4.69, 9.17) is 4.74 Å². The van der Waals surface area contributed by atoms with Gasteiger partial charge in [-0.25, -0.2) is 4.90 Å². The minimum atomic E-state index is -1.13. The van der Waals surface area contributed by atoms with Crippen molar-refractivity contribution in [3.8, 4) is 0 Å². The lowest BCUT2D eigenvalue weighted by molar-refractivity contribution is -0.384. The molecule has 0 fully saturated rings. The Kier molecular flexibility index (Phi) is 4.25. The first-order valence-corrected chi connectivity index (χ1v) is 7.32. The summed E-state index contributed by atoms with van der Waals surface area (Å²) in [6, 6.07) is 11.9. The normalized spacial score (nSPS) is 14.2. The zero-order valence-corrected chi connectivity index (χ0v) is 12.8. The van der Waals surface area contributed by atoms with E-state index in [0.29, 0.717) is 5.56 Å². The van der Waals surface area contributed by atoms with E-state index in [9.17, 15) is 24.5 Å². The Labute approximate surface area is 141 Å². The van der Waals surface area contributed by atoms with Crippen LogP contribution in [-0.4, -0.2) is 34.3 Å². The molecule has 0 spiro atoms. The second-order valence-electron chi connectivity index (χ2n) is 5.34. The molecule has 126 valence electrons. The van der Waals surface area contributed by atoms with Crippen LogP contribution in [0.5, 0.6) is 0 Å². The average Bonchev–Trinajstić information content (AvgIpc) is 2.86. The first kappa shape index (κ1) is 16.3. The Balaban J connectivity index is 1.87. The minimum Gasteiger partial charge on any atom is -0.443 e. The van der Waals surface area contributed by atoms with E-state index in [-0.39, 0.29) is 29.7 Å². The summed E-state index contributed by atoms with van der Waals surface area (Å²) >= 11 is 0. The number of carbonyl (C=O) groups is 3. The summed E-state index contributed by atoms with van der Waals surface area (Å²) in [5, 5.41) is 10.7. The van der Waals surface area contributed by atoms with Crippen molar-refractivity contribution in [1.82, 2.24) is 4.90 Å². The monoisotopic (exact) mass is 340 g/mol. The van der Waals surface area contributed by atoms with Crippen LogP contribution in [0, 0.1) is 10.1 Å². The van der Waals surface area contributed by atoms with Crippen LogP contribution in [0.4, 0.5) is 5.69 Å². The maximum Gasteiger partial charge on any atom is 0.295 e. The van der Waals surface area contributed by atoms with E-state index >= 15 is 0 Å². The van der Waals surface area contributed by atoms with Crippen LogP contribution < -0.4 is 0 Å². The highest BCUT2D eigenvalue weighted by Crippen LogP contribution is 2.26. The van der Waals surface area contributed by atoms with Gasteiger partial charge in [0.1, 0.15) is 0 Å². The summed E-state index contributed by atoms with van der Waals surface area (Å²) in [7, 11) is 0. The molecule has 2 aromatic carbocycles. The van der Waals surface area contributed by atoms with Gasteiger partial charge in [-0.15, -0.1) is 0 Å². The number of rotatable bonds is 6. The molecule has 0 N–H and O–H groups in total. The fourth-order valence-corrected chi connectivity index (χ4v) is 2.69. The maximum absolute atomic E-state index is 12.5. The number of fused-ring (bicyclic) bond motifs is 1. The molecule has 2 aromatic rings. The van der Waals surface area contributed by atoms with Gasteiger partial charge in [0.05, 0.1) is 16.1 Å². The number of nitro benzene ring substituents is 1. The lowest BCUT2D eigenvalue weighted by atomic mass is 10.1. The minimum absolute atomic E-state index is 0.0300. The number of nitrogens with zero attached hydrogens (tertiary/aromatic N) is 2. The number of ether oxygens (including phenoxy) is 1. The lowest BCUT2D eigenvalue weighted by Crippen LogP contribution is -2.42. The van der Waals surface area contributed by atoms with Crippen molar-refractivity contribution in [2.24, 2.45) is 0 Å². The zero-order chi connectivity index (χ0) is 18.0. The summed E-state index contributed by atoms with van der Waals surface area (Å²) in [5.74, 6) is -1.09. The number of non-ortho nitro benzene ring substituents is 1. The van der Waals surface area contributed by atoms with Gasteiger partial charge in [0.15, 0.2) is 6.23 Å². The summed E-state index contributed by atoms with van der Waals surface area (Å²) in [6.07, 6.45) is -1.10.